The first kappa shape index (κ1) is 19.0. The van der Waals surface area contributed by atoms with Gasteiger partial charge in [0, 0.05) is 5.92 Å². The molecule has 0 unspecified atom stereocenters. The Morgan fingerprint density at radius 2 is 1.96 bits per heavy atom. The lowest BCUT2D eigenvalue weighted by atomic mass is 9.79. The Morgan fingerprint density at radius 1 is 1.22 bits per heavy atom. The largest absolute Gasteiger partial charge is 0.392 e. The van der Waals surface area contributed by atoms with Gasteiger partial charge in [-0.05, 0) is 45.4 Å². The fraction of sp³-hybridized carbons (Fsp3) is 0.900. The van der Waals surface area contributed by atoms with Gasteiger partial charge in [-0.2, -0.15) is 0 Å². The Hall–Kier alpha value is -0.380. The van der Waals surface area contributed by atoms with Gasteiger partial charge in [0.2, 0.25) is 0 Å². The summed E-state index contributed by atoms with van der Waals surface area (Å²) < 4.78 is 11.5. The molecule has 1 aliphatic heterocycles. The van der Waals surface area contributed by atoms with E-state index < -0.39 is 5.79 Å². The fourth-order valence-corrected chi connectivity index (χ4v) is 3.93. The van der Waals surface area contributed by atoms with Crippen LogP contribution in [0.2, 0.25) is 0 Å². The zero-order chi connectivity index (χ0) is 16.7. The molecule has 1 saturated carbocycles. The molecule has 0 aromatic rings. The summed E-state index contributed by atoms with van der Waals surface area (Å²) in [6, 6.07) is 0. The molecule has 1 saturated heterocycles. The molecular weight excluding hydrogens is 288 g/mol. The summed E-state index contributed by atoms with van der Waals surface area (Å²) in [5, 5.41) is 10.8. The maximum absolute atomic E-state index is 10.8. The summed E-state index contributed by atoms with van der Waals surface area (Å²) in [5.41, 5.74) is 0. The van der Waals surface area contributed by atoms with Gasteiger partial charge >= 0.3 is 0 Å². The van der Waals surface area contributed by atoms with E-state index in [0.717, 1.165) is 12.8 Å². The molecule has 1 heterocycles. The smallest absolute Gasteiger partial charge is 0.163 e. The van der Waals surface area contributed by atoms with Crippen LogP contribution in [0.25, 0.3) is 0 Å². The highest BCUT2D eigenvalue weighted by Gasteiger charge is 2.32. The lowest BCUT2D eigenvalue weighted by Crippen LogP contribution is -2.30. The number of hydrogen-bond acceptors (Lipinski definition) is 3. The minimum Gasteiger partial charge on any atom is -0.392 e. The molecule has 0 amide bonds. The predicted octanol–water partition coefficient (Wildman–Crippen LogP) is 4.83. The van der Waals surface area contributed by atoms with Crippen molar-refractivity contribution in [1.82, 2.24) is 0 Å². The summed E-state index contributed by atoms with van der Waals surface area (Å²) in [5.74, 6) is 0.357. The highest BCUT2D eigenvalue weighted by atomic mass is 16.7. The van der Waals surface area contributed by atoms with Crippen LogP contribution in [-0.4, -0.2) is 29.7 Å². The zero-order valence-corrected chi connectivity index (χ0v) is 15.3. The lowest BCUT2D eigenvalue weighted by Gasteiger charge is -2.31. The van der Waals surface area contributed by atoms with E-state index in [1.165, 1.54) is 44.9 Å². The average Bonchev–Trinajstić information content (AvgIpc) is 2.90. The molecule has 2 fully saturated rings. The van der Waals surface area contributed by atoms with E-state index in [0.29, 0.717) is 18.4 Å². The maximum atomic E-state index is 10.8. The third-order valence-corrected chi connectivity index (χ3v) is 5.31. The second-order valence-corrected chi connectivity index (χ2v) is 7.81. The first-order valence-electron chi connectivity index (χ1n) is 9.68. The van der Waals surface area contributed by atoms with Crippen molar-refractivity contribution in [2.24, 2.45) is 11.8 Å². The third kappa shape index (κ3) is 6.21. The first-order valence-corrected chi connectivity index (χ1v) is 9.68. The van der Waals surface area contributed by atoms with Crippen LogP contribution < -0.4 is 0 Å². The van der Waals surface area contributed by atoms with E-state index >= 15 is 0 Å². The molecule has 3 atom stereocenters. The second-order valence-electron chi connectivity index (χ2n) is 7.81. The van der Waals surface area contributed by atoms with Crippen LogP contribution in [0.3, 0.4) is 0 Å². The van der Waals surface area contributed by atoms with E-state index in [1.54, 1.807) is 0 Å². The standard InChI is InChI=1S/C20H36O3/c1-4-5-10-16(19(21)17-11-7-6-8-12-17)13-9-14-18-15-22-20(2,3)23-18/h9,13,16-19,21H,4-8,10-12,14-15H2,1-3H3/b13-9-/t16-,18-,19-/m1/s1. The second kappa shape index (κ2) is 9.19. The summed E-state index contributed by atoms with van der Waals surface area (Å²) in [4.78, 5) is 0. The number of aliphatic hydroxyl groups is 1. The summed E-state index contributed by atoms with van der Waals surface area (Å²) in [6.45, 7) is 6.82. The van der Waals surface area contributed by atoms with Gasteiger partial charge in [-0.15, -0.1) is 0 Å². The molecule has 0 aromatic heterocycles. The number of ether oxygens (including phenoxy) is 2. The van der Waals surface area contributed by atoms with Gasteiger partial charge in [0.1, 0.15) is 0 Å². The van der Waals surface area contributed by atoms with Crippen LogP contribution in [0.1, 0.15) is 78.6 Å². The van der Waals surface area contributed by atoms with Gasteiger partial charge in [0.15, 0.2) is 5.79 Å². The maximum Gasteiger partial charge on any atom is 0.163 e. The Labute approximate surface area is 142 Å². The van der Waals surface area contributed by atoms with Crippen molar-refractivity contribution >= 4 is 0 Å². The van der Waals surface area contributed by atoms with E-state index in [4.69, 9.17) is 9.47 Å². The fourth-order valence-electron chi connectivity index (χ4n) is 3.93. The van der Waals surface area contributed by atoms with Crippen molar-refractivity contribution in [1.29, 1.82) is 0 Å². The summed E-state index contributed by atoms with van der Waals surface area (Å²) in [6.07, 6.45) is 15.1. The Morgan fingerprint density at radius 3 is 2.57 bits per heavy atom. The van der Waals surface area contributed by atoms with Gasteiger partial charge < -0.3 is 14.6 Å². The minimum absolute atomic E-state index is 0.153. The molecule has 0 bridgehead atoms. The molecule has 0 spiro atoms. The van der Waals surface area contributed by atoms with Gasteiger partial charge in [-0.25, -0.2) is 0 Å². The SMILES string of the molecule is CCCC[C@H](/C=C\C[C@@H]1COC(C)(C)O1)[C@@H](O)C1CCCCC1. The molecule has 1 aliphatic carbocycles. The molecule has 3 heteroatoms. The van der Waals surface area contributed by atoms with Crippen molar-refractivity contribution in [3.05, 3.63) is 12.2 Å². The predicted molar refractivity (Wildman–Crippen MR) is 94.3 cm³/mol. The van der Waals surface area contributed by atoms with Crippen molar-refractivity contribution in [3.8, 4) is 0 Å². The van der Waals surface area contributed by atoms with Crippen LogP contribution in [0, 0.1) is 11.8 Å². The molecule has 1 N–H and O–H groups in total. The quantitative estimate of drug-likeness (QED) is 0.650. The Kier molecular flexibility index (Phi) is 7.58. The highest BCUT2D eigenvalue weighted by molar-refractivity contribution is 4.96. The van der Waals surface area contributed by atoms with Crippen molar-refractivity contribution in [2.45, 2.75) is 96.6 Å². The zero-order valence-electron chi connectivity index (χ0n) is 15.3. The minimum atomic E-state index is -0.443. The van der Waals surface area contributed by atoms with E-state index in [2.05, 4.69) is 19.1 Å². The lowest BCUT2D eigenvalue weighted by molar-refractivity contribution is -0.137. The topological polar surface area (TPSA) is 38.7 Å². The normalized spacial score (nSPS) is 28.3. The van der Waals surface area contributed by atoms with Crippen LogP contribution in [0.4, 0.5) is 0 Å². The van der Waals surface area contributed by atoms with Crippen molar-refractivity contribution in [3.63, 3.8) is 0 Å². The number of aliphatic hydroxyl groups excluding tert-OH is 1. The monoisotopic (exact) mass is 324 g/mol. The van der Waals surface area contributed by atoms with E-state index in [1.807, 2.05) is 13.8 Å². The van der Waals surface area contributed by atoms with Crippen LogP contribution in [-0.2, 0) is 9.47 Å². The first-order chi connectivity index (χ1) is 11.0. The molecule has 3 nitrogen and oxygen atoms in total. The van der Waals surface area contributed by atoms with Gasteiger partial charge in [0.05, 0.1) is 18.8 Å². The molecule has 0 radical (unpaired) electrons. The third-order valence-electron chi connectivity index (χ3n) is 5.31. The van der Waals surface area contributed by atoms with Crippen LogP contribution >= 0.6 is 0 Å². The molecule has 0 aromatic carbocycles. The van der Waals surface area contributed by atoms with E-state index in [9.17, 15) is 5.11 Å². The van der Waals surface area contributed by atoms with Gasteiger partial charge in [-0.1, -0.05) is 51.2 Å². The van der Waals surface area contributed by atoms with Crippen molar-refractivity contribution < 1.29 is 14.6 Å². The van der Waals surface area contributed by atoms with Gasteiger partial charge in [-0.3, -0.25) is 0 Å². The molecule has 2 aliphatic rings. The molecule has 134 valence electrons. The van der Waals surface area contributed by atoms with E-state index in [-0.39, 0.29) is 12.2 Å². The number of hydrogen-bond donors (Lipinski definition) is 1. The average molecular weight is 325 g/mol. The Balaban J connectivity index is 1.85. The molecular formula is C20H36O3. The van der Waals surface area contributed by atoms with Gasteiger partial charge in [0.25, 0.3) is 0 Å². The highest BCUT2D eigenvalue weighted by Crippen LogP contribution is 2.32. The molecule has 23 heavy (non-hydrogen) atoms. The number of unbranched alkanes of at least 4 members (excludes halogenated alkanes) is 1. The molecule has 2 rings (SSSR count). The van der Waals surface area contributed by atoms with Crippen LogP contribution in [0.5, 0.6) is 0 Å². The number of rotatable bonds is 8. The van der Waals surface area contributed by atoms with Crippen LogP contribution in [0.15, 0.2) is 12.2 Å². The Bertz CT molecular complexity index is 358. The van der Waals surface area contributed by atoms with Crippen molar-refractivity contribution in [2.75, 3.05) is 6.61 Å². The summed E-state index contributed by atoms with van der Waals surface area (Å²) in [7, 11) is 0. The summed E-state index contributed by atoms with van der Waals surface area (Å²) >= 11 is 0.